The van der Waals surface area contributed by atoms with Gasteiger partial charge in [0, 0.05) is 0 Å². The molecule has 0 aromatic carbocycles. The Labute approximate surface area is 218 Å². The largest absolute Gasteiger partial charge is 0.317 e. The quantitative estimate of drug-likeness (QED) is 0.0974. The van der Waals surface area contributed by atoms with Crippen LogP contribution in [0.2, 0.25) is 0 Å². The summed E-state index contributed by atoms with van der Waals surface area (Å²) in [6, 6.07) is 0. The number of hydrogen-bond donors (Lipinski definition) is 1. The van der Waals surface area contributed by atoms with E-state index in [9.17, 15) is 0 Å². The molecule has 0 aromatic rings. The smallest absolute Gasteiger partial charge is 0.00489 e. The van der Waals surface area contributed by atoms with Crippen LogP contribution in [-0.2, 0) is 0 Å². The minimum atomic E-state index is 1.24. The summed E-state index contributed by atoms with van der Waals surface area (Å²) in [6.07, 6.45) is 42.3. The molecular formula is C33H69N. The lowest BCUT2D eigenvalue weighted by Crippen LogP contribution is -2.16. The fraction of sp³-hybridized carbons (Fsp3) is 1.00. The average Bonchev–Trinajstić information content (AvgIpc) is 2.85. The molecule has 0 saturated carbocycles. The molecule has 0 amide bonds. The minimum absolute atomic E-state index is 1.24. The zero-order valence-electron chi connectivity index (χ0n) is 24.4. The first kappa shape index (κ1) is 34.0. The van der Waals surface area contributed by atoms with E-state index in [0.717, 1.165) is 0 Å². The maximum atomic E-state index is 3.65. The Morgan fingerprint density at radius 2 is 0.412 bits per heavy atom. The highest BCUT2D eigenvalue weighted by atomic mass is 14.8. The molecule has 0 aliphatic rings. The van der Waals surface area contributed by atoms with Crippen molar-refractivity contribution in [3.63, 3.8) is 0 Å². The van der Waals surface area contributed by atoms with Crippen LogP contribution in [0, 0.1) is 0 Å². The third kappa shape index (κ3) is 32.0. The third-order valence-corrected chi connectivity index (χ3v) is 7.66. The monoisotopic (exact) mass is 480 g/mol. The van der Waals surface area contributed by atoms with E-state index in [1.165, 1.54) is 199 Å². The summed E-state index contributed by atoms with van der Waals surface area (Å²) in [7, 11) is 0. The van der Waals surface area contributed by atoms with Crippen LogP contribution in [0.3, 0.4) is 0 Å². The Bertz CT molecular complexity index is 295. The predicted molar refractivity (Wildman–Crippen MR) is 158 cm³/mol. The van der Waals surface area contributed by atoms with Crippen LogP contribution in [0.15, 0.2) is 0 Å². The molecule has 1 N–H and O–H groups in total. The van der Waals surface area contributed by atoms with Crippen LogP contribution in [0.5, 0.6) is 0 Å². The Hall–Kier alpha value is -0.0400. The summed E-state index contributed by atoms with van der Waals surface area (Å²) in [5.41, 5.74) is 0. The summed E-state index contributed by atoms with van der Waals surface area (Å²) < 4.78 is 0. The molecule has 0 saturated heterocycles. The summed E-state index contributed by atoms with van der Waals surface area (Å²) in [4.78, 5) is 0. The molecule has 0 aromatic heterocycles. The molecule has 1 heteroatoms. The molecule has 0 aliphatic heterocycles. The molecule has 0 spiro atoms. The van der Waals surface area contributed by atoms with E-state index in [1.807, 2.05) is 0 Å². The van der Waals surface area contributed by atoms with E-state index in [4.69, 9.17) is 0 Å². The van der Waals surface area contributed by atoms with Crippen molar-refractivity contribution in [3.05, 3.63) is 0 Å². The van der Waals surface area contributed by atoms with Crippen LogP contribution >= 0.6 is 0 Å². The van der Waals surface area contributed by atoms with Gasteiger partial charge in [-0.2, -0.15) is 0 Å². The highest BCUT2D eigenvalue weighted by Gasteiger charge is 1.96. The number of unbranched alkanes of at least 4 members (excludes halogenated alkanes) is 27. The van der Waals surface area contributed by atoms with Crippen LogP contribution < -0.4 is 5.32 Å². The normalized spacial score (nSPS) is 11.5. The van der Waals surface area contributed by atoms with Gasteiger partial charge in [-0.1, -0.05) is 187 Å². The highest BCUT2D eigenvalue weighted by Crippen LogP contribution is 2.15. The van der Waals surface area contributed by atoms with Crippen molar-refractivity contribution in [2.24, 2.45) is 0 Å². The molecule has 0 heterocycles. The van der Waals surface area contributed by atoms with Gasteiger partial charge in [0.1, 0.15) is 0 Å². The van der Waals surface area contributed by atoms with Gasteiger partial charge in [0.25, 0.3) is 0 Å². The van der Waals surface area contributed by atoms with Crippen LogP contribution in [0.4, 0.5) is 0 Å². The van der Waals surface area contributed by atoms with Gasteiger partial charge in [0.2, 0.25) is 0 Å². The van der Waals surface area contributed by atoms with Gasteiger partial charge in [0.05, 0.1) is 0 Å². The second-order valence-corrected chi connectivity index (χ2v) is 11.3. The molecule has 0 rings (SSSR count). The molecule has 34 heavy (non-hydrogen) atoms. The van der Waals surface area contributed by atoms with Gasteiger partial charge >= 0.3 is 0 Å². The van der Waals surface area contributed by atoms with Gasteiger partial charge in [-0.15, -0.1) is 0 Å². The molecule has 1 nitrogen and oxygen atoms in total. The summed E-state index contributed by atoms with van der Waals surface area (Å²) in [5.74, 6) is 0. The Morgan fingerprint density at radius 3 is 0.618 bits per heavy atom. The Balaban J connectivity index is 2.99. The van der Waals surface area contributed by atoms with Crippen molar-refractivity contribution in [1.82, 2.24) is 5.32 Å². The van der Waals surface area contributed by atoms with Gasteiger partial charge in [-0.25, -0.2) is 0 Å². The van der Waals surface area contributed by atoms with Crippen molar-refractivity contribution in [2.45, 2.75) is 200 Å². The van der Waals surface area contributed by atoms with E-state index in [1.54, 1.807) is 0 Å². The zero-order chi connectivity index (χ0) is 24.6. The average molecular weight is 480 g/mol. The molecular weight excluding hydrogens is 410 g/mol. The van der Waals surface area contributed by atoms with Gasteiger partial charge in [0.15, 0.2) is 0 Å². The molecule has 0 aliphatic carbocycles. The van der Waals surface area contributed by atoms with E-state index in [0.29, 0.717) is 0 Å². The van der Waals surface area contributed by atoms with Crippen molar-refractivity contribution >= 4 is 0 Å². The lowest BCUT2D eigenvalue weighted by Gasteiger charge is -2.05. The van der Waals surface area contributed by atoms with Crippen molar-refractivity contribution in [3.8, 4) is 0 Å². The first-order valence-corrected chi connectivity index (χ1v) is 16.6. The highest BCUT2D eigenvalue weighted by molar-refractivity contribution is 4.53. The van der Waals surface area contributed by atoms with Crippen molar-refractivity contribution < 1.29 is 0 Å². The molecule has 0 fully saturated rings. The fourth-order valence-corrected chi connectivity index (χ4v) is 5.19. The first-order chi connectivity index (χ1) is 16.9. The topological polar surface area (TPSA) is 12.0 Å². The number of hydrogen-bond acceptors (Lipinski definition) is 1. The van der Waals surface area contributed by atoms with E-state index >= 15 is 0 Å². The molecule has 0 atom stereocenters. The standard InChI is InChI=1S/C33H69N/c1-3-5-7-9-11-12-13-14-15-16-17-18-19-20-21-22-23-24-25-27-29-31-33-34-32-30-28-26-10-8-6-4-2/h34H,3-33H2,1-2H3. The van der Waals surface area contributed by atoms with Crippen molar-refractivity contribution in [2.75, 3.05) is 13.1 Å². The summed E-state index contributed by atoms with van der Waals surface area (Å²) in [5, 5.41) is 3.65. The number of rotatable bonds is 31. The van der Waals surface area contributed by atoms with E-state index in [-0.39, 0.29) is 0 Å². The summed E-state index contributed by atoms with van der Waals surface area (Å²) >= 11 is 0. The molecule has 206 valence electrons. The fourth-order valence-electron chi connectivity index (χ4n) is 5.19. The summed E-state index contributed by atoms with van der Waals surface area (Å²) in [6.45, 7) is 7.09. The van der Waals surface area contributed by atoms with Gasteiger partial charge < -0.3 is 5.32 Å². The Morgan fingerprint density at radius 1 is 0.235 bits per heavy atom. The first-order valence-electron chi connectivity index (χ1n) is 16.6. The SMILES string of the molecule is CCCCCCCCCCCCCCCCCCCCCCCCNCCCCCCCCC. The second kappa shape index (κ2) is 33.0. The predicted octanol–water partition coefficient (Wildman–Crippen LogP) is 11.9. The van der Waals surface area contributed by atoms with E-state index in [2.05, 4.69) is 19.2 Å². The minimum Gasteiger partial charge on any atom is -0.317 e. The molecule has 0 unspecified atom stereocenters. The van der Waals surface area contributed by atoms with E-state index < -0.39 is 0 Å². The molecule has 0 radical (unpaired) electrons. The maximum absolute atomic E-state index is 3.65. The maximum Gasteiger partial charge on any atom is -0.00489 e. The van der Waals surface area contributed by atoms with Gasteiger partial charge in [-0.05, 0) is 25.9 Å². The van der Waals surface area contributed by atoms with Crippen LogP contribution in [-0.4, -0.2) is 13.1 Å². The lowest BCUT2D eigenvalue weighted by atomic mass is 10.0. The number of nitrogens with one attached hydrogen (secondary N) is 1. The van der Waals surface area contributed by atoms with Crippen LogP contribution in [0.25, 0.3) is 0 Å². The Kier molecular flexibility index (Phi) is 32.9. The zero-order valence-corrected chi connectivity index (χ0v) is 24.4. The lowest BCUT2D eigenvalue weighted by molar-refractivity contribution is 0.515. The third-order valence-electron chi connectivity index (χ3n) is 7.66. The second-order valence-electron chi connectivity index (χ2n) is 11.3. The van der Waals surface area contributed by atoms with Gasteiger partial charge in [-0.3, -0.25) is 0 Å². The molecule has 0 bridgehead atoms. The van der Waals surface area contributed by atoms with Crippen LogP contribution in [0.1, 0.15) is 200 Å². The van der Waals surface area contributed by atoms with Crippen molar-refractivity contribution in [1.29, 1.82) is 0 Å².